The van der Waals surface area contributed by atoms with E-state index in [9.17, 15) is 19.5 Å². The lowest BCUT2D eigenvalue weighted by atomic mass is 9.90. The van der Waals surface area contributed by atoms with Gasteiger partial charge in [0.15, 0.2) is 5.82 Å². The summed E-state index contributed by atoms with van der Waals surface area (Å²) in [6.07, 6.45) is 8.40. The van der Waals surface area contributed by atoms with Crippen LogP contribution in [0, 0.1) is 5.41 Å². The molecule has 300 valence electrons. The fourth-order valence-corrected chi connectivity index (χ4v) is 9.35. The molecule has 4 aromatic rings. The number of hydrogen-bond acceptors (Lipinski definition) is 10. The average Bonchev–Trinajstić information content (AvgIpc) is 3.69. The molecule has 0 spiro atoms. The lowest BCUT2D eigenvalue weighted by Gasteiger charge is -2.46. The minimum absolute atomic E-state index is 0.0664. The van der Waals surface area contributed by atoms with Gasteiger partial charge in [-0.05, 0) is 87.0 Å². The Morgan fingerprint density at radius 2 is 1.82 bits per heavy atom. The Morgan fingerprint density at radius 1 is 1.04 bits per heavy atom. The maximum Gasteiger partial charge on any atom is 0.293 e. The van der Waals surface area contributed by atoms with Gasteiger partial charge in [-0.15, -0.1) is 0 Å². The highest BCUT2D eigenvalue weighted by Crippen LogP contribution is 2.40. The van der Waals surface area contributed by atoms with Crippen molar-refractivity contribution in [3.8, 4) is 11.3 Å². The van der Waals surface area contributed by atoms with E-state index in [-0.39, 0.29) is 41.3 Å². The molecule has 0 saturated carbocycles. The zero-order valence-corrected chi connectivity index (χ0v) is 33.7. The first-order chi connectivity index (χ1) is 27.3. The molecule has 3 N–H and O–H groups in total. The summed E-state index contributed by atoms with van der Waals surface area (Å²) in [6, 6.07) is 10.2. The van der Waals surface area contributed by atoms with E-state index in [0.717, 1.165) is 64.1 Å². The highest BCUT2D eigenvalue weighted by Gasteiger charge is 2.38. The number of piperazine rings is 1. The second kappa shape index (κ2) is 15.2. The number of carbonyl (C=O) groups is 2. The number of rotatable bonds is 9. The van der Waals surface area contributed by atoms with Gasteiger partial charge in [0.2, 0.25) is 5.91 Å². The van der Waals surface area contributed by atoms with Crippen LogP contribution in [0.1, 0.15) is 60.9 Å². The molecule has 0 bridgehead atoms. The van der Waals surface area contributed by atoms with Crippen LogP contribution in [0.15, 0.2) is 60.2 Å². The molecular formula is C43H54N10O4. The zero-order chi connectivity index (χ0) is 40.2. The van der Waals surface area contributed by atoms with Crippen LogP contribution in [-0.2, 0) is 37.8 Å². The number of amides is 2. The molecule has 3 aliphatic heterocycles. The predicted molar refractivity (Wildman–Crippen MR) is 223 cm³/mol. The fourth-order valence-electron chi connectivity index (χ4n) is 9.35. The van der Waals surface area contributed by atoms with E-state index < -0.39 is 0 Å². The number of carbonyl (C=O) groups excluding carboxylic acids is 2. The molecule has 2 amide bonds. The summed E-state index contributed by atoms with van der Waals surface area (Å²) in [4.78, 5) is 58.6. The number of aliphatic hydroxyl groups excluding tert-OH is 1. The van der Waals surface area contributed by atoms with Crippen LogP contribution in [0.2, 0.25) is 0 Å². The largest absolute Gasteiger partial charge is 0.392 e. The van der Waals surface area contributed by atoms with Crippen LogP contribution in [0.4, 0.5) is 28.7 Å². The van der Waals surface area contributed by atoms with Crippen molar-refractivity contribution in [2.45, 2.75) is 71.7 Å². The van der Waals surface area contributed by atoms with Crippen LogP contribution >= 0.6 is 0 Å². The molecule has 4 aliphatic rings. The Morgan fingerprint density at radius 3 is 2.56 bits per heavy atom. The van der Waals surface area contributed by atoms with Gasteiger partial charge in [-0.2, -0.15) is 0 Å². The number of likely N-dealkylation sites (N-methyl/N-ethyl adjacent to an activating group) is 1. The number of hydrogen-bond donors (Lipinski definition) is 3. The highest BCUT2D eigenvalue weighted by molar-refractivity contribution is 6.06. The smallest absolute Gasteiger partial charge is 0.293 e. The molecule has 2 atom stereocenters. The number of pyridine rings is 1. The first-order valence-electron chi connectivity index (χ1n) is 20.1. The van der Waals surface area contributed by atoms with E-state index >= 15 is 0 Å². The Balaban J connectivity index is 1.06. The Bertz CT molecular complexity index is 2290. The molecule has 1 unspecified atom stereocenters. The number of aryl methyl sites for hydroxylation is 1. The number of aromatic nitrogens is 4. The minimum Gasteiger partial charge on any atom is -0.392 e. The summed E-state index contributed by atoms with van der Waals surface area (Å²) in [7, 11) is 3.82. The van der Waals surface area contributed by atoms with Gasteiger partial charge in [-0.25, -0.2) is 9.97 Å². The summed E-state index contributed by atoms with van der Waals surface area (Å²) in [5, 5.41) is 17.0. The Hall–Kier alpha value is -5.31. The molecule has 6 heterocycles. The van der Waals surface area contributed by atoms with Gasteiger partial charge in [-0.1, -0.05) is 20.4 Å². The summed E-state index contributed by atoms with van der Waals surface area (Å²) >= 11 is 0. The van der Waals surface area contributed by atoms with Crippen molar-refractivity contribution < 1.29 is 14.7 Å². The van der Waals surface area contributed by atoms with E-state index in [1.165, 1.54) is 21.9 Å². The van der Waals surface area contributed by atoms with Gasteiger partial charge in [-0.3, -0.25) is 24.2 Å². The molecule has 1 aromatic carbocycles. The molecule has 14 nitrogen and oxygen atoms in total. The first kappa shape index (κ1) is 38.6. The second-order valence-electron chi connectivity index (χ2n) is 16.9. The molecular weight excluding hydrogens is 721 g/mol. The van der Waals surface area contributed by atoms with Crippen LogP contribution < -0.4 is 26.0 Å². The summed E-state index contributed by atoms with van der Waals surface area (Å²) < 4.78 is 3.59. The third-order valence-corrected chi connectivity index (χ3v) is 12.3. The molecule has 8 rings (SSSR count). The number of nitrogens with one attached hydrogen (secondary N) is 2. The van der Waals surface area contributed by atoms with Gasteiger partial charge in [0, 0.05) is 99.8 Å². The Kier molecular flexibility index (Phi) is 10.3. The average molecular weight is 775 g/mol. The number of nitrogens with zero attached hydrogens (tertiary/aromatic N) is 8. The zero-order valence-electron chi connectivity index (χ0n) is 33.7. The first-order valence-corrected chi connectivity index (χ1v) is 20.1. The summed E-state index contributed by atoms with van der Waals surface area (Å²) in [6.45, 7) is 16.3. The van der Waals surface area contributed by atoms with Gasteiger partial charge in [0.1, 0.15) is 11.5 Å². The lowest BCUT2D eigenvalue weighted by Crippen LogP contribution is -2.54. The van der Waals surface area contributed by atoms with Crippen molar-refractivity contribution in [1.29, 1.82) is 0 Å². The van der Waals surface area contributed by atoms with E-state index in [1.54, 1.807) is 30.4 Å². The van der Waals surface area contributed by atoms with Crippen molar-refractivity contribution in [1.82, 2.24) is 28.9 Å². The van der Waals surface area contributed by atoms with Crippen molar-refractivity contribution in [2.75, 3.05) is 66.7 Å². The van der Waals surface area contributed by atoms with Crippen LogP contribution in [-0.4, -0.2) is 104 Å². The number of piperidine rings is 1. The number of anilines is 5. The highest BCUT2D eigenvalue weighted by atomic mass is 16.3. The van der Waals surface area contributed by atoms with E-state index in [1.807, 2.05) is 24.3 Å². The van der Waals surface area contributed by atoms with Gasteiger partial charge >= 0.3 is 0 Å². The Labute approximate surface area is 333 Å². The third-order valence-electron chi connectivity index (χ3n) is 12.3. The summed E-state index contributed by atoms with van der Waals surface area (Å²) in [5.74, 6) is -0.0437. The van der Waals surface area contributed by atoms with E-state index in [2.05, 4.69) is 69.3 Å². The summed E-state index contributed by atoms with van der Waals surface area (Å²) in [5.41, 5.74) is 6.43. The topological polar surface area (TPSA) is 144 Å². The maximum atomic E-state index is 14.0. The van der Waals surface area contributed by atoms with Crippen molar-refractivity contribution in [2.24, 2.45) is 12.5 Å². The van der Waals surface area contributed by atoms with Gasteiger partial charge in [0.05, 0.1) is 23.7 Å². The normalized spacial score (nSPS) is 21.0. The molecule has 3 aromatic heterocycles. The van der Waals surface area contributed by atoms with Crippen LogP contribution in [0.5, 0.6) is 0 Å². The van der Waals surface area contributed by atoms with Crippen LogP contribution in [0.3, 0.4) is 0 Å². The van der Waals surface area contributed by atoms with E-state index in [0.29, 0.717) is 58.8 Å². The van der Waals surface area contributed by atoms with Crippen molar-refractivity contribution in [3.05, 3.63) is 88.2 Å². The van der Waals surface area contributed by atoms with Crippen molar-refractivity contribution >= 4 is 40.5 Å². The van der Waals surface area contributed by atoms with Crippen molar-refractivity contribution in [3.63, 3.8) is 0 Å². The number of aliphatic hydroxyl groups is 1. The van der Waals surface area contributed by atoms with Gasteiger partial charge in [0.25, 0.3) is 11.5 Å². The quantitative estimate of drug-likeness (QED) is 0.210. The maximum absolute atomic E-state index is 14.0. The lowest BCUT2D eigenvalue weighted by molar-refractivity contribution is -0.111. The predicted octanol–water partition coefficient (Wildman–Crippen LogP) is 4.39. The molecule has 57 heavy (non-hydrogen) atoms. The monoisotopic (exact) mass is 774 g/mol. The molecule has 1 aliphatic carbocycles. The SMILES string of the molecule is C=CC(=O)Nc1cc(Nc2nc(-c3ccnc(N4CCn5c(cc6c5CC(C)(C)C6)C4=O)c3CO)cn(C)c2=O)ccc1N1CCC(N2CCN(C)CC2)C[C@@H]1C. The third kappa shape index (κ3) is 7.37. The molecule has 14 heteroatoms. The second-order valence-corrected chi connectivity index (χ2v) is 16.9. The standard InChI is InChI=1S/C43H54N10O4/c1-7-38(55)46-33-22-29(8-9-35(33)51-13-11-30(20-27(51)2)50-16-14-48(5)15-17-50)45-39-42(57)49(6)25-34(47-39)31-10-12-44-40(32(31)26-54)53-19-18-52-36(41(53)56)21-28-23-43(3,4)24-37(28)52/h7-10,12,21-22,25,27,30,54H,1,11,13-20,23-24,26H2,2-6H3,(H,45,47)(H,46,55)/t27-,30?/m0/s1. The molecule has 2 saturated heterocycles. The van der Waals surface area contributed by atoms with E-state index in [4.69, 9.17) is 4.98 Å². The minimum atomic E-state index is -0.389. The molecule has 0 radical (unpaired) electrons. The number of fused-ring (bicyclic) bond motifs is 3. The molecule has 2 fully saturated rings. The number of benzene rings is 1. The fraction of sp³-hybridized carbons (Fsp3) is 0.465. The van der Waals surface area contributed by atoms with Gasteiger partial charge < -0.3 is 34.7 Å². The van der Waals surface area contributed by atoms with Crippen LogP contribution in [0.25, 0.3) is 11.3 Å².